The lowest BCUT2D eigenvalue weighted by Crippen LogP contribution is -2.46. The largest absolute Gasteiger partial charge is 0.508 e. The number of carbonyl (C=O) groups excluding carboxylic acids is 1. The summed E-state index contributed by atoms with van der Waals surface area (Å²) in [7, 11) is 3.17. The second-order valence-electron chi connectivity index (χ2n) is 11.3. The number of piperidine rings is 1. The van der Waals surface area contributed by atoms with Gasteiger partial charge in [0.25, 0.3) is 0 Å². The number of methoxy groups -OCH3 is 2. The Morgan fingerprint density at radius 3 is 2.34 bits per heavy atom. The van der Waals surface area contributed by atoms with E-state index in [9.17, 15) is 9.90 Å². The summed E-state index contributed by atoms with van der Waals surface area (Å²) in [5.74, 6) is 1.23. The fraction of sp³-hybridized carbons (Fsp3) is 0.606. The van der Waals surface area contributed by atoms with Crippen LogP contribution in [0.4, 0.5) is 0 Å². The number of nitrogens with zero attached hydrogens (tertiary/aromatic N) is 2. The Kier molecular flexibility index (Phi) is 13.5. The first-order chi connectivity index (χ1) is 19.7. The molecule has 0 aliphatic carbocycles. The molecule has 2 aromatic rings. The second-order valence-corrected chi connectivity index (χ2v) is 12.2. The molecule has 1 aliphatic heterocycles. The Morgan fingerprint density at radius 1 is 1.05 bits per heavy atom. The van der Waals surface area contributed by atoms with Gasteiger partial charge in [-0.1, -0.05) is 42.5 Å². The van der Waals surface area contributed by atoms with Crippen molar-refractivity contribution in [1.29, 1.82) is 0 Å². The lowest BCUT2D eigenvalue weighted by atomic mass is 9.67. The molecule has 1 amide bonds. The number of benzene rings is 2. The van der Waals surface area contributed by atoms with E-state index in [1.165, 1.54) is 5.56 Å². The van der Waals surface area contributed by atoms with E-state index in [4.69, 9.17) is 14.2 Å². The van der Waals surface area contributed by atoms with E-state index in [-0.39, 0.29) is 17.4 Å². The third-order valence-corrected chi connectivity index (χ3v) is 9.23. The molecule has 3 rings (SSSR count). The van der Waals surface area contributed by atoms with Crippen LogP contribution in [0.5, 0.6) is 5.75 Å². The van der Waals surface area contributed by atoms with Crippen LogP contribution in [0.15, 0.2) is 48.5 Å². The van der Waals surface area contributed by atoms with E-state index in [0.29, 0.717) is 44.4 Å². The first kappa shape index (κ1) is 33.4. The van der Waals surface area contributed by atoms with Gasteiger partial charge in [-0.15, -0.1) is 0 Å². The van der Waals surface area contributed by atoms with Crippen LogP contribution in [0, 0.1) is 0 Å². The highest BCUT2D eigenvalue weighted by molar-refractivity contribution is 7.98. The normalized spacial score (nSPS) is 16.3. The van der Waals surface area contributed by atoms with Crippen molar-refractivity contribution in [3.63, 3.8) is 0 Å². The molecule has 0 radical (unpaired) electrons. The summed E-state index contributed by atoms with van der Waals surface area (Å²) in [6.45, 7) is 9.80. The quantitative estimate of drug-likeness (QED) is 0.211. The van der Waals surface area contributed by atoms with Crippen LogP contribution >= 0.6 is 11.8 Å². The van der Waals surface area contributed by atoms with E-state index in [1.54, 1.807) is 26.0 Å². The maximum Gasteiger partial charge on any atom is 0.225 e. The maximum atomic E-state index is 13.0. The number of phenols is 1. The first-order valence-corrected chi connectivity index (χ1v) is 16.2. The Balaban J connectivity index is 1.64. The van der Waals surface area contributed by atoms with Crippen LogP contribution < -0.4 is 0 Å². The smallest absolute Gasteiger partial charge is 0.225 e. The summed E-state index contributed by atoms with van der Waals surface area (Å²) < 4.78 is 16.6. The molecule has 7 nitrogen and oxygen atoms in total. The molecule has 0 bridgehead atoms. The van der Waals surface area contributed by atoms with Crippen LogP contribution in [0.25, 0.3) is 0 Å². The van der Waals surface area contributed by atoms with Crippen molar-refractivity contribution in [3.8, 4) is 5.75 Å². The van der Waals surface area contributed by atoms with Gasteiger partial charge in [-0.05, 0) is 76.6 Å². The van der Waals surface area contributed by atoms with Crippen molar-refractivity contribution in [2.24, 2.45) is 0 Å². The Hall–Kier alpha value is -2.10. The Bertz CT molecular complexity index is 1050. The zero-order valence-electron chi connectivity index (χ0n) is 25.8. The fourth-order valence-corrected chi connectivity index (χ4v) is 6.54. The molecular weight excluding hydrogens is 536 g/mol. The van der Waals surface area contributed by atoms with Gasteiger partial charge in [0, 0.05) is 43.0 Å². The zero-order chi connectivity index (χ0) is 29.8. The van der Waals surface area contributed by atoms with Crippen molar-refractivity contribution in [3.05, 3.63) is 65.2 Å². The molecule has 228 valence electrons. The first-order valence-electron chi connectivity index (χ1n) is 14.8. The Labute approximate surface area is 251 Å². The van der Waals surface area contributed by atoms with Crippen molar-refractivity contribution >= 4 is 17.7 Å². The number of ether oxygens (including phenoxy) is 3. The van der Waals surface area contributed by atoms with E-state index in [2.05, 4.69) is 62.1 Å². The standard InChI is InChI=1S/C33H50N2O5S/c1-25(2)34-18-16-33(17-19-34,28-10-8-7-9-11-28)29-22-27(12-13-30(29)36)14-20-40-21-15-31(37)35(26(3)24-41-6)23-32(38-4)39-5/h7-13,22,25-26,32,36H,14-21,23-24H2,1-6H3/t26-/m1/s1. The van der Waals surface area contributed by atoms with E-state index >= 15 is 0 Å². The number of hydrogen-bond acceptors (Lipinski definition) is 7. The van der Waals surface area contributed by atoms with Gasteiger partial charge in [0.15, 0.2) is 6.29 Å². The molecule has 2 aromatic carbocycles. The Morgan fingerprint density at radius 2 is 1.73 bits per heavy atom. The summed E-state index contributed by atoms with van der Waals surface area (Å²) >= 11 is 1.71. The minimum Gasteiger partial charge on any atom is -0.508 e. The molecule has 0 spiro atoms. The summed E-state index contributed by atoms with van der Waals surface area (Å²) in [6.07, 6.45) is 4.53. The number of rotatable bonds is 16. The molecule has 41 heavy (non-hydrogen) atoms. The highest BCUT2D eigenvalue weighted by Gasteiger charge is 2.40. The SMILES string of the molecule is COC(CN(C(=O)CCOCCc1ccc(O)c(C2(c3ccccc3)CCN(C(C)C)CC2)c1)[C@H](C)CSC)OC. The lowest BCUT2D eigenvalue weighted by Gasteiger charge is -2.44. The summed E-state index contributed by atoms with van der Waals surface area (Å²) in [6, 6.07) is 17.2. The predicted molar refractivity (Wildman–Crippen MR) is 168 cm³/mol. The van der Waals surface area contributed by atoms with Crippen molar-refractivity contribution < 1.29 is 24.1 Å². The zero-order valence-corrected chi connectivity index (χ0v) is 26.6. The second kappa shape index (κ2) is 16.5. The fourth-order valence-electron chi connectivity index (χ4n) is 5.87. The molecule has 1 aliphatic rings. The minimum atomic E-state index is -0.454. The molecule has 1 N–H and O–H groups in total. The topological polar surface area (TPSA) is 71.5 Å². The number of thioether (sulfide) groups is 1. The molecule has 1 fully saturated rings. The lowest BCUT2D eigenvalue weighted by molar-refractivity contribution is -0.149. The molecule has 0 unspecified atom stereocenters. The average molecular weight is 587 g/mol. The van der Waals surface area contributed by atoms with Crippen LogP contribution in [0.1, 0.15) is 56.7 Å². The highest BCUT2D eigenvalue weighted by Crippen LogP contribution is 2.45. The van der Waals surface area contributed by atoms with Crippen molar-refractivity contribution in [2.75, 3.05) is 59.1 Å². The number of hydrogen-bond donors (Lipinski definition) is 1. The number of aromatic hydroxyl groups is 1. The molecule has 1 atom stereocenters. The minimum absolute atomic E-state index is 0.0371. The van der Waals surface area contributed by atoms with Gasteiger partial charge < -0.3 is 29.1 Å². The average Bonchev–Trinajstić information content (AvgIpc) is 2.98. The van der Waals surface area contributed by atoms with Gasteiger partial charge in [0.05, 0.1) is 26.2 Å². The number of phenolic OH excluding ortho intramolecular Hbond substituents is 1. The number of likely N-dealkylation sites (tertiary alicyclic amines) is 1. The monoisotopic (exact) mass is 586 g/mol. The van der Waals surface area contributed by atoms with Crippen LogP contribution in [-0.2, 0) is 30.8 Å². The summed E-state index contributed by atoms with van der Waals surface area (Å²) in [5.41, 5.74) is 3.17. The number of amides is 1. The van der Waals surface area contributed by atoms with E-state index < -0.39 is 6.29 Å². The number of carbonyl (C=O) groups is 1. The van der Waals surface area contributed by atoms with Gasteiger partial charge in [-0.25, -0.2) is 0 Å². The molecule has 0 saturated carbocycles. The molecule has 1 heterocycles. The van der Waals surface area contributed by atoms with Crippen molar-refractivity contribution in [2.45, 2.75) is 70.2 Å². The molecule has 8 heteroatoms. The van der Waals surface area contributed by atoms with Crippen LogP contribution in [-0.4, -0.2) is 98.3 Å². The predicted octanol–water partition coefficient (Wildman–Crippen LogP) is 5.33. The van der Waals surface area contributed by atoms with Gasteiger partial charge in [-0.3, -0.25) is 4.79 Å². The third-order valence-electron chi connectivity index (χ3n) is 8.41. The van der Waals surface area contributed by atoms with E-state index in [0.717, 1.165) is 42.8 Å². The van der Waals surface area contributed by atoms with Gasteiger partial charge in [0.2, 0.25) is 5.91 Å². The molecule has 0 aromatic heterocycles. The van der Waals surface area contributed by atoms with Crippen LogP contribution in [0.2, 0.25) is 0 Å². The van der Waals surface area contributed by atoms with Gasteiger partial charge in [0.1, 0.15) is 5.75 Å². The van der Waals surface area contributed by atoms with Crippen molar-refractivity contribution in [1.82, 2.24) is 9.80 Å². The third kappa shape index (κ3) is 8.94. The van der Waals surface area contributed by atoms with Gasteiger partial charge in [-0.2, -0.15) is 11.8 Å². The highest BCUT2D eigenvalue weighted by atomic mass is 32.2. The maximum absolute atomic E-state index is 13.0. The molecular formula is C33H50N2O5S. The van der Waals surface area contributed by atoms with Gasteiger partial charge >= 0.3 is 0 Å². The van der Waals surface area contributed by atoms with Crippen LogP contribution in [0.3, 0.4) is 0 Å². The summed E-state index contributed by atoms with van der Waals surface area (Å²) in [4.78, 5) is 17.4. The van der Waals surface area contributed by atoms with E-state index in [1.807, 2.05) is 23.3 Å². The summed E-state index contributed by atoms with van der Waals surface area (Å²) in [5, 5.41) is 11.1. The molecule has 1 saturated heterocycles.